The predicted molar refractivity (Wildman–Crippen MR) is 140 cm³/mol. The number of aliphatic hydroxyl groups is 1. The van der Waals surface area contributed by atoms with Gasteiger partial charge in [-0.05, 0) is 73.4 Å². The SMILES string of the molecule is CC(C)(O)Cc1ccc2c(c1)c1cc(OC3CC3)ccc1c1nc(-c3c(C#N)cccc3C#N)[nH]c21. The Morgan fingerprint density at radius 3 is 2.33 bits per heavy atom. The molecule has 5 aromatic rings. The van der Waals surface area contributed by atoms with Crippen LogP contribution >= 0.6 is 0 Å². The molecule has 0 aliphatic heterocycles. The van der Waals surface area contributed by atoms with Gasteiger partial charge in [0, 0.05) is 17.2 Å². The molecule has 6 rings (SSSR count). The molecule has 1 saturated carbocycles. The fraction of sp³-hybridized carbons (Fsp3) is 0.233. The number of imidazole rings is 1. The third-order valence-corrected chi connectivity index (χ3v) is 6.60. The molecular weight excluding hydrogens is 448 g/mol. The van der Waals surface area contributed by atoms with Crippen molar-refractivity contribution in [2.24, 2.45) is 0 Å². The molecule has 0 bridgehead atoms. The largest absolute Gasteiger partial charge is 0.490 e. The first kappa shape index (κ1) is 22.1. The lowest BCUT2D eigenvalue weighted by atomic mass is 9.93. The molecule has 1 aliphatic carbocycles. The third-order valence-electron chi connectivity index (χ3n) is 6.60. The van der Waals surface area contributed by atoms with Gasteiger partial charge in [0.05, 0.1) is 51.6 Å². The van der Waals surface area contributed by atoms with Gasteiger partial charge in [0.15, 0.2) is 0 Å². The molecule has 4 aromatic carbocycles. The normalized spacial score (nSPS) is 13.7. The zero-order chi connectivity index (χ0) is 25.0. The van der Waals surface area contributed by atoms with E-state index in [1.54, 1.807) is 32.0 Å². The summed E-state index contributed by atoms with van der Waals surface area (Å²) in [5, 5.41) is 33.8. The lowest BCUT2D eigenvalue weighted by Crippen LogP contribution is -2.21. The van der Waals surface area contributed by atoms with E-state index in [2.05, 4.69) is 35.3 Å². The maximum Gasteiger partial charge on any atom is 0.141 e. The van der Waals surface area contributed by atoms with Gasteiger partial charge in [0.2, 0.25) is 0 Å². The number of nitrogens with one attached hydrogen (secondary N) is 1. The second kappa shape index (κ2) is 8.09. The molecule has 6 heteroatoms. The summed E-state index contributed by atoms with van der Waals surface area (Å²) in [7, 11) is 0. The number of benzene rings is 4. The quantitative estimate of drug-likeness (QED) is 0.299. The van der Waals surface area contributed by atoms with Gasteiger partial charge in [-0.15, -0.1) is 0 Å². The van der Waals surface area contributed by atoms with E-state index in [9.17, 15) is 15.6 Å². The Labute approximate surface area is 208 Å². The van der Waals surface area contributed by atoms with Crippen molar-refractivity contribution < 1.29 is 9.84 Å². The van der Waals surface area contributed by atoms with E-state index in [0.717, 1.165) is 56.7 Å². The average Bonchev–Trinajstić information content (AvgIpc) is 3.56. The molecule has 1 aromatic heterocycles. The van der Waals surface area contributed by atoms with Crippen LogP contribution in [0.2, 0.25) is 0 Å². The Morgan fingerprint density at radius 2 is 1.67 bits per heavy atom. The summed E-state index contributed by atoms with van der Waals surface area (Å²) >= 11 is 0. The maximum absolute atomic E-state index is 10.4. The van der Waals surface area contributed by atoms with E-state index in [1.807, 2.05) is 18.2 Å². The first-order valence-electron chi connectivity index (χ1n) is 12.1. The minimum atomic E-state index is -0.830. The Balaban J connectivity index is 1.66. The van der Waals surface area contributed by atoms with E-state index in [4.69, 9.17) is 9.72 Å². The fourth-order valence-electron chi connectivity index (χ4n) is 4.92. The molecule has 36 heavy (non-hydrogen) atoms. The van der Waals surface area contributed by atoms with Gasteiger partial charge in [-0.1, -0.05) is 24.3 Å². The van der Waals surface area contributed by atoms with Crippen LogP contribution in [0.1, 0.15) is 43.4 Å². The van der Waals surface area contributed by atoms with Crippen molar-refractivity contribution in [1.29, 1.82) is 10.5 Å². The molecule has 6 nitrogen and oxygen atoms in total. The third kappa shape index (κ3) is 3.82. The smallest absolute Gasteiger partial charge is 0.141 e. The first-order valence-corrected chi connectivity index (χ1v) is 12.1. The van der Waals surface area contributed by atoms with Crippen LogP contribution in [-0.2, 0) is 6.42 Å². The molecule has 1 heterocycles. The second-order valence-electron chi connectivity index (χ2n) is 10.2. The first-order chi connectivity index (χ1) is 17.3. The average molecular weight is 473 g/mol. The Kier molecular flexibility index (Phi) is 4.96. The molecule has 0 atom stereocenters. The van der Waals surface area contributed by atoms with Crippen LogP contribution in [0.25, 0.3) is 44.0 Å². The van der Waals surface area contributed by atoms with Crippen LogP contribution in [0.3, 0.4) is 0 Å². The molecule has 0 amide bonds. The number of fused-ring (bicyclic) bond motifs is 6. The lowest BCUT2D eigenvalue weighted by Gasteiger charge is -2.18. The van der Waals surface area contributed by atoms with Crippen LogP contribution in [0.15, 0.2) is 54.6 Å². The van der Waals surface area contributed by atoms with Gasteiger partial charge in [-0.25, -0.2) is 4.98 Å². The van der Waals surface area contributed by atoms with Crippen molar-refractivity contribution in [1.82, 2.24) is 9.97 Å². The highest BCUT2D eigenvalue weighted by atomic mass is 16.5. The number of hydrogen-bond acceptors (Lipinski definition) is 5. The van der Waals surface area contributed by atoms with Gasteiger partial charge in [-0.3, -0.25) is 0 Å². The summed E-state index contributed by atoms with van der Waals surface area (Å²) < 4.78 is 6.10. The zero-order valence-electron chi connectivity index (χ0n) is 20.1. The number of ether oxygens (including phenoxy) is 1. The summed E-state index contributed by atoms with van der Waals surface area (Å²) in [5.41, 5.74) is 3.12. The summed E-state index contributed by atoms with van der Waals surface area (Å²) in [4.78, 5) is 8.35. The van der Waals surface area contributed by atoms with Crippen molar-refractivity contribution in [2.45, 2.75) is 44.8 Å². The topological polar surface area (TPSA) is 106 Å². The molecular formula is C30H24N4O2. The molecule has 1 fully saturated rings. The summed E-state index contributed by atoms with van der Waals surface area (Å²) in [6, 6.07) is 21.8. The second-order valence-corrected chi connectivity index (χ2v) is 10.2. The molecule has 2 N–H and O–H groups in total. The Hall–Kier alpha value is -4.39. The van der Waals surface area contributed by atoms with E-state index in [-0.39, 0.29) is 6.10 Å². The number of nitriles is 2. The molecule has 0 spiro atoms. The minimum Gasteiger partial charge on any atom is -0.490 e. The summed E-state index contributed by atoms with van der Waals surface area (Å²) in [5.74, 6) is 1.32. The monoisotopic (exact) mass is 472 g/mol. The van der Waals surface area contributed by atoms with Gasteiger partial charge < -0.3 is 14.8 Å². The van der Waals surface area contributed by atoms with Gasteiger partial charge >= 0.3 is 0 Å². The van der Waals surface area contributed by atoms with Gasteiger partial charge in [-0.2, -0.15) is 10.5 Å². The molecule has 0 unspecified atom stereocenters. The van der Waals surface area contributed by atoms with Crippen LogP contribution in [-0.4, -0.2) is 26.8 Å². The highest BCUT2D eigenvalue weighted by Crippen LogP contribution is 2.39. The molecule has 0 radical (unpaired) electrons. The van der Waals surface area contributed by atoms with Crippen molar-refractivity contribution >= 4 is 32.6 Å². The van der Waals surface area contributed by atoms with Crippen LogP contribution in [0.5, 0.6) is 5.75 Å². The maximum atomic E-state index is 10.4. The predicted octanol–water partition coefficient (Wildman–Crippen LogP) is 6.13. The van der Waals surface area contributed by atoms with Crippen molar-refractivity contribution in [3.8, 4) is 29.3 Å². The van der Waals surface area contributed by atoms with Gasteiger partial charge in [0.25, 0.3) is 0 Å². The number of aromatic nitrogens is 2. The molecule has 1 aliphatic rings. The van der Waals surface area contributed by atoms with Crippen molar-refractivity contribution in [2.75, 3.05) is 0 Å². The van der Waals surface area contributed by atoms with Crippen LogP contribution in [0, 0.1) is 22.7 Å². The number of rotatable bonds is 5. The summed E-state index contributed by atoms with van der Waals surface area (Å²) in [6.07, 6.45) is 2.97. The standard InChI is InChI=1S/C30H24N4O2/c1-30(2,35)14-17-6-10-22-24(12-17)25-13-21(36-20-7-8-20)9-11-23(25)28-27(22)33-29(34-28)26-18(15-31)4-3-5-19(26)16-32/h3-6,9-13,20,35H,7-8,14H2,1-2H3,(H,33,34). The minimum absolute atomic E-state index is 0.284. The highest BCUT2D eigenvalue weighted by molar-refractivity contribution is 6.24. The Bertz CT molecular complexity index is 1730. The number of hydrogen-bond donors (Lipinski definition) is 2. The van der Waals surface area contributed by atoms with Crippen LogP contribution in [0.4, 0.5) is 0 Å². The summed E-state index contributed by atoms with van der Waals surface area (Å²) in [6.45, 7) is 3.61. The Morgan fingerprint density at radius 1 is 0.972 bits per heavy atom. The van der Waals surface area contributed by atoms with E-state index in [1.165, 1.54) is 0 Å². The van der Waals surface area contributed by atoms with E-state index >= 15 is 0 Å². The number of H-pyrrole nitrogens is 1. The van der Waals surface area contributed by atoms with E-state index < -0.39 is 5.60 Å². The van der Waals surface area contributed by atoms with Crippen molar-refractivity contribution in [3.05, 3.63) is 71.3 Å². The zero-order valence-corrected chi connectivity index (χ0v) is 20.1. The van der Waals surface area contributed by atoms with Crippen molar-refractivity contribution in [3.63, 3.8) is 0 Å². The fourth-order valence-corrected chi connectivity index (χ4v) is 4.92. The number of nitrogens with zero attached hydrogens (tertiary/aromatic N) is 3. The highest BCUT2D eigenvalue weighted by Gasteiger charge is 2.24. The molecule has 176 valence electrons. The molecule has 0 saturated heterocycles. The van der Waals surface area contributed by atoms with Gasteiger partial charge in [0.1, 0.15) is 11.6 Å². The lowest BCUT2D eigenvalue weighted by molar-refractivity contribution is 0.0810. The van der Waals surface area contributed by atoms with Crippen LogP contribution < -0.4 is 4.74 Å². The number of aromatic amines is 1. The van der Waals surface area contributed by atoms with E-state index in [0.29, 0.717) is 28.9 Å².